The molecule has 3 rings (SSSR count). The van der Waals surface area contributed by atoms with Crippen molar-refractivity contribution in [1.29, 1.82) is 0 Å². The van der Waals surface area contributed by atoms with Crippen molar-refractivity contribution in [3.05, 3.63) is 36.5 Å². The second-order valence-electron chi connectivity index (χ2n) is 3.22. The zero-order chi connectivity index (χ0) is 9.54. The molecular weight excluding hydrogens is 176 g/mol. The van der Waals surface area contributed by atoms with Gasteiger partial charge in [0.05, 0.1) is 10.9 Å². The number of rotatable bonds is 0. The molecule has 3 aromatic rings. The Morgan fingerprint density at radius 3 is 2.86 bits per heavy atom. The number of para-hydroxylation sites is 1. The molecule has 0 aliphatic carbocycles. The molecule has 0 saturated carbocycles. The topological polar surface area (TPSA) is 48.9 Å². The van der Waals surface area contributed by atoms with Crippen molar-refractivity contribution < 1.29 is 5.11 Å². The zero-order valence-corrected chi connectivity index (χ0v) is 7.36. The fourth-order valence-electron chi connectivity index (χ4n) is 1.68. The number of hydrogen-bond donors (Lipinski definition) is 2. The number of hydrogen-bond acceptors (Lipinski definition) is 2. The Morgan fingerprint density at radius 2 is 1.93 bits per heavy atom. The van der Waals surface area contributed by atoms with Crippen LogP contribution in [0.15, 0.2) is 36.5 Å². The first-order valence-electron chi connectivity index (χ1n) is 4.41. The molecule has 3 nitrogen and oxygen atoms in total. The number of H-pyrrole nitrogens is 1. The van der Waals surface area contributed by atoms with Crippen LogP contribution in [-0.2, 0) is 0 Å². The minimum absolute atomic E-state index is 0.298. The van der Waals surface area contributed by atoms with E-state index >= 15 is 0 Å². The minimum atomic E-state index is 0.298. The molecule has 2 aromatic heterocycles. The molecule has 0 aliphatic rings. The van der Waals surface area contributed by atoms with Gasteiger partial charge in [0, 0.05) is 11.6 Å². The Labute approximate surface area is 80.0 Å². The molecule has 14 heavy (non-hydrogen) atoms. The second-order valence-corrected chi connectivity index (χ2v) is 3.22. The Morgan fingerprint density at radius 1 is 1.07 bits per heavy atom. The summed E-state index contributed by atoms with van der Waals surface area (Å²) in [6.07, 6.45) is 1.77. The van der Waals surface area contributed by atoms with Crippen molar-refractivity contribution >= 4 is 21.9 Å². The van der Waals surface area contributed by atoms with E-state index < -0.39 is 0 Å². The van der Waals surface area contributed by atoms with E-state index in [9.17, 15) is 5.11 Å². The zero-order valence-electron chi connectivity index (χ0n) is 7.36. The summed E-state index contributed by atoms with van der Waals surface area (Å²) in [6.45, 7) is 0. The molecule has 0 fully saturated rings. The van der Waals surface area contributed by atoms with E-state index in [1.165, 1.54) is 0 Å². The fraction of sp³-hybridized carbons (Fsp3) is 0. The summed E-state index contributed by atoms with van der Waals surface area (Å²) in [5.74, 6) is 0.298. The number of aromatic amines is 1. The van der Waals surface area contributed by atoms with Crippen LogP contribution in [0.3, 0.4) is 0 Å². The van der Waals surface area contributed by atoms with Crippen LogP contribution in [0.5, 0.6) is 5.75 Å². The first kappa shape index (κ1) is 7.38. The average molecular weight is 184 g/mol. The third-order valence-corrected chi connectivity index (χ3v) is 2.37. The van der Waals surface area contributed by atoms with E-state index in [1.54, 1.807) is 6.20 Å². The van der Waals surface area contributed by atoms with E-state index in [1.807, 2.05) is 30.3 Å². The van der Waals surface area contributed by atoms with Crippen molar-refractivity contribution in [3.8, 4) is 5.75 Å². The van der Waals surface area contributed by atoms with Crippen LogP contribution in [-0.4, -0.2) is 15.1 Å². The molecule has 0 saturated heterocycles. The molecule has 0 spiro atoms. The van der Waals surface area contributed by atoms with Gasteiger partial charge in [-0.2, -0.15) is 0 Å². The standard InChI is InChI=1S/C11H8N2O/c14-10-7-3-1-2-4-9(7)13-11-8(10)5-6-12-11/h1-6H,(H2,12,13,14). The summed E-state index contributed by atoms with van der Waals surface area (Å²) >= 11 is 0. The lowest BCUT2D eigenvalue weighted by molar-refractivity contribution is 0.487. The molecule has 0 bridgehead atoms. The van der Waals surface area contributed by atoms with Gasteiger partial charge in [-0.3, -0.25) is 0 Å². The van der Waals surface area contributed by atoms with Crippen LogP contribution in [0, 0.1) is 0 Å². The van der Waals surface area contributed by atoms with Gasteiger partial charge in [0.1, 0.15) is 11.4 Å². The third kappa shape index (κ3) is 0.836. The summed E-state index contributed by atoms with van der Waals surface area (Å²) in [5, 5.41) is 11.5. The number of aromatic nitrogens is 2. The molecule has 1 aromatic carbocycles. The van der Waals surface area contributed by atoms with Gasteiger partial charge in [0.15, 0.2) is 0 Å². The first-order valence-corrected chi connectivity index (χ1v) is 4.41. The van der Waals surface area contributed by atoms with Crippen molar-refractivity contribution in [1.82, 2.24) is 9.97 Å². The van der Waals surface area contributed by atoms with E-state index in [2.05, 4.69) is 9.97 Å². The number of fused-ring (bicyclic) bond motifs is 2. The van der Waals surface area contributed by atoms with Crippen LogP contribution < -0.4 is 0 Å². The fourth-order valence-corrected chi connectivity index (χ4v) is 1.68. The molecule has 68 valence electrons. The maximum atomic E-state index is 9.94. The van der Waals surface area contributed by atoms with Crippen LogP contribution >= 0.6 is 0 Å². The lowest BCUT2D eigenvalue weighted by Gasteiger charge is -2.00. The smallest absolute Gasteiger partial charge is 0.141 e. The maximum Gasteiger partial charge on any atom is 0.141 e. The van der Waals surface area contributed by atoms with E-state index in [0.717, 1.165) is 21.9 Å². The Balaban J connectivity index is 2.63. The molecule has 0 atom stereocenters. The normalized spacial score (nSPS) is 11.1. The molecule has 0 amide bonds. The third-order valence-electron chi connectivity index (χ3n) is 2.37. The van der Waals surface area contributed by atoms with Gasteiger partial charge >= 0.3 is 0 Å². The average Bonchev–Trinajstić information content (AvgIpc) is 2.66. The van der Waals surface area contributed by atoms with Crippen molar-refractivity contribution in [2.45, 2.75) is 0 Å². The molecule has 2 heterocycles. The maximum absolute atomic E-state index is 9.94. The number of benzene rings is 1. The second kappa shape index (κ2) is 2.48. The number of nitrogens with one attached hydrogen (secondary N) is 1. The largest absolute Gasteiger partial charge is 0.506 e. The van der Waals surface area contributed by atoms with Crippen LogP contribution in [0.25, 0.3) is 21.9 Å². The molecule has 0 aliphatic heterocycles. The summed E-state index contributed by atoms with van der Waals surface area (Å²) in [4.78, 5) is 7.36. The first-order chi connectivity index (χ1) is 6.86. The lowest BCUT2D eigenvalue weighted by Crippen LogP contribution is -1.81. The van der Waals surface area contributed by atoms with Gasteiger partial charge in [-0.1, -0.05) is 12.1 Å². The summed E-state index contributed by atoms with van der Waals surface area (Å²) in [7, 11) is 0. The molecule has 2 N–H and O–H groups in total. The van der Waals surface area contributed by atoms with Gasteiger partial charge < -0.3 is 10.1 Å². The van der Waals surface area contributed by atoms with Gasteiger partial charge in [-0.25, -0.2) is 4.98 Å². The molecule has 0 radical (unpaired) electrons. The summed E-state index contributed by atoms with van der Waals surface area (Å²) < 4.78 is 0. The van der Waals surface area contributed by atoms with Gasteiger partial charge in [-0.15, -0.1) is 0 Å². The summed E-state index contributed by atoms with van der Waals surface area (Å²) in [6, 6.07) is 9.37. The highest BCUT2D eigenvalue weighted by Crippen LogP contribution is 2.30. The lowest BCUT2D eigenvalue weighted by atomic mass is 10.1. The Hall–Kier alpha value is -2.03. The minimum Gasteiger partial charge on any atom is -0.506 e. The number of pyridine rings is 1. The Kier molecular flexibility index (Phi) is 1.31. The van der Waals surface area contributed by atoms with Crippen molar-refractivity contribution in [2.24, 2.45) is 0 Å². The van der Waals surface area contributed by atoms with Gasteiger partial charge in [0.25, 0.3) is 0 Å². The molecular formula is C11H8N2O. The van der Waals surface area contributed by atoms with Gasteiger partial charge in [-0.05, 0) is 18.2 Å². The predicted molar refractivity (Wildman–Crippen MR) is 55.3 cm³/mol. The monoisotopic (exact) mass is 184 g/mol. The van der Waals surface area contributed by atoms with Crippen LogP contribution in [0.1, 0.15) is 0 Å². The van der Waals surface area contributed by atoms with Crippen molar-refractivity contribution in [3.63, 3.8) is 0 Å². The SMILES string of the molecule is Oc1c2ccccc2nc2[nH]ccc12. The Bertz CT molecular complexity index is 613. The van der Waals surface area contributed by atoms with E-state index in [-0.39, 0.29) is 0 Å². The highest BCUT2D eigenvalue weighted by molar-refractivity contribution is 5.99. The number of aromatic hydroxyl groups is 1. The number of nitrogens with zero attached hydrogens (tertiary/aromatic N) is 1. The summed E-state index contributed by atoms with van der Waals surface area (Å²) in [5.41, 5.74) is 1.53. The van der Waals surface area contributed by atoms with Gasteiger partial charge in [0.2, 0.25) is 0 Å². The highest BCUT2D eigenvalue weighted by atomic mass is 16.3. The van der Waals surface area contributed by atoms with E-state index in [4.69, 9.17) is 0 Å². The van der Waals surface area contributed by atoms with Crippen LogP contribution in [0.2, 0.25) is 0 Å². The highest BCUT2D eigenvalue weighted by Gasteiger charge is 2.06. The molecule has 3 heteroatoms. The molecule has 0 unspecified atom stereocenters. The van der Waals surface area contributed by atoms with Crippen molar-refractivity contribution in [2.75, 3.05) is 0 Å². The quantitative estimate of drug-likeness (QED) is 0.563. The predicted octanol–water partition coefficient (Wildman–Crippen LogP) is 2.42. The van der Waals surface area contributed by atoms with Crippen LogP contribution in [0.4, 0.5) is 0 Å². The van der Waals surface area contributed by atoms with E-state index in [0.29, 0.717) is 5.75 Å².